The quantitative estimate of drug-likeness (QED) is 0.847. The van der Waals surface area contributed by atoms with E-state index in [1.807, 2.05) is 0 Å². The van der Waals surface area contributed by atoms with E-state index in [1.54, 1.807) is 4.90 Å². The molecule has 0 aromatic heterocycles. The Balaban J connectivity index is 0.00000162. The number of thioether (sulfide) groups is 1. The molecule has 0 aliphatic carbocycles. The Bertz CT molecular complexity index is 289. The minimum Gasteiger partial charge on any atom is -0.335 e. The lowest BCUT2D eigenvalue weighted by atomic mass is 10.1. The normalized spacial score (nSPS) is 27.6. The van der Waals surface area contributed by atoms with Crippen LogP contribution >= 0.6 is 24.2 Å². The lowest BCUT2D eigenvalue weighted by Gasteiger charge is -2.27. The second-order valence-corrected chi connectivity index (χ2v) is 5.45. The van der Waals surface area contributed by atoms with E-state index in [1.165, 1.54) is 0 Å². The maximum Gasteiger partial charge on any atom is 0.442 e. The lowest BCUT2D eigenvalue weighted by molar-refractivity contribution is -0.131. The van der Waals surface area contributed by atoms with Crippen molar-refractivity contribution in [3.8, 4) is 0 Å². The molecule has 3 nitrogen and oxygen atoms in total. The van der Waals surface area contributed by atoms with Gasteiger partial charge in [-0.2, -0.15) is 13.2 Å². The maximum atomic E-state index is 12.1. The number of carbonyl (C=O) groups excluding carboxylic acids is 1. The minimum absolute atomic E-state index is 0. The van der Waals surface area contributed by atoms with Crippen LogP contribution in [0.1, 0.15) is 19.3 Å². The van der Waals surface area contributed by atoms with Crippen LogP contribution in [0.5, 0.6) is 0 Å². The van der Waals surface area contributed by atoms with Crippen LogP contribution in [-0.2, 0) is 4.79 Å². The number of fused-ring (bicyclic) bond motifs is 2. The second-order valence-electron chi connectivity index (χ2n) is 4.41. The first-order valence-corrected chi connectivity index (χ1v) is 6.68. The molecule has 8 heteroatoms. The van der Waals surface area contributed by atoms with Crippen LogP contribution in [0.15, 0.2) is 0 Å². The van der Waals surface area contributed by atoms with E-state index in [4.69, 9.17) is 0 Å². The molecule has 0 saturated carbocycles. The molecule has 106 valence electrons. The number of alkyl halides is 3. The van der Waals surface area contributed by atoms with Crippen molar-refractivity contribution < 1.29 is 18.0 Å². The number of nitrogens with zero attached hydrogens (tertiary/aromatic N) is 1. The number of halogens is 4. The molecule has 2 atom stereocenters. The van der Waals surface area contributed by atoms with Gasteiger partial charge in [-0.05, 0) is 37.6 Å². The van der Waals surface area contributed by atoms with E-state index in [-0.39, 0.29) is 42.2 Å². The Morgan fingerprint density at radius 1 is 1.28 bits per heavy atom. The number of rotatable bonds is 2. The van der Waals surface area contributed by atoms with Gasteiger partial charge in [0.15, 0.2) is 0 Å². The zero-order valence-electron chi connectivity index (χ0n) is 9.70. The Labute approximate surface area is 114 Å². The molecule has 2 heterocycles. The molecule has 2 aliphatic heterocycles. The summed E-state index contributed by atoms with van der Waals surface area (Å²) in [5, 5.41) is 3.21. The molecule has 0 spiro atoms. The first-order valence-electron chi connectivity index (χ1n) is 5.70. The van der Waals surface area contributed by atoms with E-state index in [0.29, 0.717) is 6.54 Å². The van der Waals surface area contributed by atoms with Gasteiger partial charge in [0.2, 0.25) is 5.91 Å². The standard InChI is InChI=1S/C10H15F3N2OS.ClH/c11-10(12,13)17-6-9(16)15-7-1-2-8(15)5-14-4-3-7;/h7-8,14H,1-6H2;1H. The van der Waals surface area contributed by atoms with Crippen LogP contribution in [0, 0.1) is 0 Å². The highest BCUT2D eigenvalue weighted by molar-refractivity contribution is 8.00. The van der Waals surface area contributed by atoms with E-state index in [2.05, 4.69) is 5.32 Å². The molecule has 0 radical (unpaired) electrons. The smallest absolute Gasteiger partial charge is 0.335 e. The van der Waals surface area contributed by atoms with Gasteiger partial charge in [-0.15, -0.1) is 12.4 Å². The molecule has 2 aliphatic rings. The highest BCUT2D eigenvalue weighted by atomic mass is 35.5. The summed E-state index contributed by atoms with van der Waals surface area (Å²) in [7, 11) is 0. The third-order valence-corrected chi connectivity index (χ3v) is 4.02. The Morgan fingerprint density at radius 3 is 2.61 bits per heavy atom. The Morgan fingerprint density at radius 2 is 1.94 bits per heavy atom. The van der Waals surface area contributed by atoms with Crippen molar-refractivity contribution in [2.45, 2.75) is 36.9 Å². The Kier molecular flexibility index (Phi) is 5.61. The fraction of sp³-hybridized carbons (Fsp3) is 0.900. The van der Waals surface area contributed by atoms with Gasteiger partial charge < -0.3 is 10.2 Å². The summed E-state index contributed by atoms with van der Waals surface area (Å²) in [6, 6.07) is 0.222. The predicted octanol–water partition coefficient (Wildman–Crippen LogP) is 2.01. The van der Waals surface area contributed by atoms with Crippen molar-refractivity contribution in [2.75, 3.05) is 18.8 Å². The monoisotopic (exact) mass is 304 g/mol. The van der Waals surface area contributed by atoms with Gasteiger partial charge in [0.25, 0.3) is 0 Å². The fourth-order valence-electron chi connectivity index (χ4n) is 2.61. The van der Waals surface area contributed by atoms with Crippen molar-refractivity contribution >= 4 is 30.1 Å². The number of carbonyl (C=O) groups is 1. The van der Waals surface area contributed by atoms with Crippen molar-refractivity contribution in [3.63, 3.8) is 0 Å². The summed E-state index contributed by atoms with van der Waals surface area (Å²) >= 11 is -0.238. The SMILES string of the molecule is Cl.O=C(CSC(F)(F)F)N1C2CCNCC1CC2. The average Bonchev–Trinajstić information content (AvgIpc) is 2.47. The lowest BCUT2D eigenvalue weighted by Crippen LogP contribution is -2.43. The van der Waals surface area contributed by atoms with E-state index < -0.39 is 11.3 Å². The zero-order valence-corrected chi connectivity index (χ0v) is 11.3. The Hall–Kier alpha value is -0.140. The number of hydrogen-bond donors (Lipinski definition) is 1. The third-order valence-electron chi connectivity index (χ3n) is 3.30. The van der Waals surface area contributed by atoms with Gasteiger partial charge in [-0.3, -0.25) is 4.79 Å². The topological polar surface area (TPSA) is 32.3 Å². The van der Waals surface area contributed by atoms with Crippen LogP contribution < -0.4 is 5.32 Å². The van der Waals surface area contributed by atoms with Gasteiger partial charge in [-0.25, -0.2) is 0 Å². The predicted molar refractivity (Wildman–Crippen MR) is 66.9 cm³/mol. The molecule has 18 heavy (non-hydrogen) atoms. The van der Waals surface area contributed by atoms with Gasteiger partial charge >= 0.3 is 5.51 Å². The molecule has 0 aromatic carbocycles. The average molecular weight is 305 g/mol. The fourth-order valence-corrected chi connectivity index (χ4v) is 3.04. The van der Waals surface area contributed by atoms with Crippen LogP contribution in [0.2, 0.25) is 0 Å². The molecule has 2 unspecified atom stereocenters. The number of amides is 1. The highest BCUT2D eigenvalue weighted by Crippen LogP contribution is 2.33. The molecular weight excluding hydrogens is 289 g/mol. The molecule has 1 N–H and O–H groups in total. The van der Waals surface area contributed by atoms with Crippen LogP contribution in [0.3, 0.4) is 0 Å². The minimum atomic E-state index is -4.32. The van der Waals surface area contributed by atoms with Crippen molar-refractivity contribution in [1.82, 2.24) is 10.2 Å². The van der Waals surface area contributed by atoms with Gasteiger partial charge in [0.05, 0.1) is 5.75 Å². The van der Waals surface area contributed by atoms with Crippen LogP contribution in [0.25, 0.3) is 0 Å². The van der Waals surface area contributed by atoms with Crippen molar-refractivity contribution in [1.29, 1.82) is 0 Å². The van der Waals surface area contributed by atoms with Crippen LogP contribution in [-0.4, -0.2) is 47.2 Å². The first kappa shape index (κ1) is 15.9. The third kappa shape index (κ3) is 3.93. The summed E-state index contributed by atoms with van der Waals surface area (Å²) < 4.78 is 36.2. The molecule has 2 rings (SSSR count). The van der Waals surface area contributed by atoms with E-state index in [9.17, 15) is 18.0 Å². The van der Waals surface area contributed by atoms with E-state index >= 15 is 0 Å². The number of hydrogen-bond acceptors (Lipinski definition) is 3. The van der Waals surface area contributed by atoms with Crippen molar-refractivity contribution in [2.24, 2.45) is 0 Å². The molecular formula is C10H16ClF3N2OS. The summed E-state index contributed by atoms with van der Waals surface area (Å²) in [5.41, 5.74) is -4.32. The summed E-state index contributed by atoms with van der Waals surface area (Å²) in [4.78, 5) is 13.5. The molecule has 1 amide bonds. The summed E-state index contributed by atoms with van der Waals surface area (Å²) in [5.74, 6) is -0.861. The van der Waals surface area contributed by atoms with Crippen molar-refractivity contribution in [3.05, 3.63) is 0 Å². The van der Waals surface area contributed by atoms with Gasteiger partial charge in [-0.1, -0.05) is 0 Å². The second kappa shape index (κ2) is 6.34. The zero-order chi connectivity index (χ0) is 12.5. The van der Waals surface area contributed by atoms with E-state index in [0.717, 1.165) is 25.8 Å². The largest absolute Gasteiger partial charge is 0.442 e. The highest BCUT2D eigenvalue weighted by Gasteiger charge is 2.39. The maximum absolute atomic E-state index is 12.1. The molecule has 2 fully saturated rings. The summed E-state index contributed by atoms with van der Waals surface area (Å²) in [6.07, 6.45) is 2.67. The summed E-state index contributed by atoms with van der Waals surface area (Å²) in [6.45, 7) is 1.55. The molecule has 0 aromatic rings. The number of nitrogens with one attached hydrogen (secondary N) is 1. The molecule has 2 bridgehead atoms. The first-order chi connectivity index (χ1) is 7.97. The van der Waals surface area contributed by atoms with Gasteiger partial charge in [0, 0.05) is 18.6 Å². The molecule has 2 saturated heterocycles. The van der Waals surface area contributed by atoms with Crippen LogP contribution in [0.4, 0.5) is 13.2 Å². The van der Waals surface area contributed by atoms with Gasteiger partial charge in [0.1, 0.15) is 0 Å².